The smallest absolute Gasteiger partial charge is 0.218 e. The number of hydrogen-bond acceptors (Lipinski definition) is 6. The first kappa shape index (κ1) is 15.5. The molecule has 0 N–H and O–H groups in total. The molecule has 0 amide bonds. The largest absolute Gasteiger partial charge is 0.481 e. The number of piperazine rings is 1. The SMILES string of the molecule is COc1cc(N2CCN(Cc3c(F)cncc3F)CC2)ncn1. The molecule has 8 heteroatoms. The van der Waals surface area contributed by atoms with E-state index in [0.29, 0.717) is 32.1 Å². The van der Waals surface area contributed by atoms with E-state index in [0.717, 1.165) is 18.2 Å². The maximum Gasteiger partial charge on any atom is 0.218 e. The van der Waals surface area contributed by atoms with E-state index in [1.54, 1.807) is 13.2 Å². The molecule has 0 spiro atoms. The van der Waals surface area contributed by atoms with Gasteiger partial charge in [0.05, 0.1) is 19.5 Å². The van der Waals surface area contributed by atoms with E-state index in [9.17, 15) is 8.78 Å². The van der Waals surface area contributed by atoms with Crippen LogP contribution in [0.15, 0.2) is 24.8 Å². The van der Waals surface area contributed by atoms with E-state index in [-0.39, 0.29) is 12.1 Å². The molecule has 3 rings (SSSR count). The third-order valence-corrected chi connectivity index (χ3v) is 3.87. The second kappa shape index (κ2) is 6.82. The predicted molar refractivity (Wildman–Crippen MR) is 80.2 cm³/mol. The van der Waals surface area contributed by atoms with Crippen molar-refractivity contribution in [3.8, 4) is 5.88 Å². The minimum atomic E-state index is -0.604. The Morgan fingerprint density at radius 2 is 1.78 bits per heavy atom. The van der Waals surface area contributed by atoms with Crippen LogP contribution in [0.4, 0.5) is 14.6 Å². The molecule has 0 bridgehead atoms. The van der Waals surface area contributed by atoms with Crippen molar-refractivity contribution in [2.75, 3.05) is 38.2 Å². The van der Waals surface area contributed by atoms with E-state index in [2.05, 4.69) is 19.9 Å². The molecule has 6 nitrogen and oxygen atoms in total. The predicted octanol–water partition coefficient (Wildman–Crippen LogP) is 1.48. The molecule has 0 aromatic carbocycles. The van der Waals surface area contributed by atoms with Gasteiger partial charge in [-0.05, 0) is 0 Å². The number of rotatable bonds is 4. The lowest BCUT2D eigenvalue weighted by Gasteiger charge is -2.35. The standard InChI is InChI=1S/C15H17F2N5O/c1-23-15-6-14(19-10-20-15)22-4-2-21(3-5-22)9-11-12(16)7-18-8-13(11)17/h6-8,10H,2-5,9H2,1H3. The molecule has 3 heterocycles. The minimum absolute atomic E-state index is 0.0668. The van der Waals surface area contributed by atoms with Crippen molar-refractivity contribution in [3.05, 3.63) is 42.0 Å². The van der Waals surface area contributed by atoms with E-state index < -0.39 is 11.6 Å². The molecular formula is C15H17F2N5O. The third kappa shape index (κ3) is 3.53. The molecule has 2 aromatic rings. The number of methoxy groups -OCH3 is 1. The molecule has 0 radical (unpaired) electrons. The fourth-order valence-electron chi connectivity index (χ4n) is 2.56. The molecule has 0 unspecified atom stereocenters. The first-order chi connectivity index (χ1) is 11.2. The second-order valence-electron chi connectivity index (χ2n) is 5.26. The Labute approximate surface area is 132 Å². The van der Waals surface area contributed by atoms with Crippen molar-refractivity contribution in [2.24, 2.45) is 0 Å². The van der Waals surface area contributed by atoms with Crippen LogP contribution in [0.3, 0.4) is 0 Å². The highest BCUT2D eigenvalue weighted by Crippen LogP contribution is 2.19. The van der Waals surface area contributed by atoms with Gasteiger partial charge in [-0.1, -0.05) is 0 Å². The fourth-order valence-corrected chi connectivity index (χ4v) is 2.56. The Hall–Kier alpha value is -2.35. The van der Waals surface area contributed by atoms with Crippen molar-refractivity contribution < 1.29 is 13.5 Å². The van der Waals surface area contributed by atoms with Crippen LogP contribution in [-0.4, -0.2) is 53.1 Å². The lowest BCUT2D eigenvalue weighted by Crippen LogP contribution is -2.46. The first-order valence-electron chi connectivity index (χ1n) is 7.28. The van der Waals surface area contributed by atoms with E-state index in [1.807, 2.05) is 4.90 Å². The molecule has 1 saturated heterocycles. The number of nitrogens with zero attached hydrogens (tertiary/aromatic N) is 5. The lowest BCUT2D eigenvalue weighted by atomic mass is 10.2. The average Bonchev–Trinajstić information content (AvgIpc) is 2.59. The van der Waals surface area contributed by atoms with Crippen molar-refractivity contribution in [3.63, 3.8) is 0 Å². The summed E-state index contributed by atoms with van der Waals surface area (Å²) in [5, 5.41) is 0. The molecule has 2 aromatic heterocycles. The summed E-state index contributed by atoms with van der Waals surface area (Å²) < 4.78 is 32.4. The Morgan fingerprint density at radius 1 is 1.09 bits per heavy atom. The maximum absolute atomic E-state index is 13.7. The molecule has 0 saturated carbocycles. The quantitative estimate of drug-likeness (QED) is 0.850. The molecular weight excluding hydrogens is 304 g/mol. The van der Waals surface area contributed by atoms with Crippen molar-refractivity contribution in [1.29, 1.82) is 0 Å². The van der Waals surface area contributed by atoms with Gasteiger partial charge < -0.3 is 9.64 Å². The van der Waals surface area contributed by atoms with Crippen molar-refractivity contribution in [2.45, 2.75) is 6.54 Å². The van der Waals surface area contributed by atoms with Gasteiger partial charge in [0.2, 0.25) is 5.88 Å². The topological polar surface area (TPSA) is 54.4 Å². The normalized spacial score (nSPS) is 15.7. The van der Waals surface area contributed by atoms with Crippen LogP contribution in [0.2, 0.25) is 0 Å². The molecule has 1 fully saturated rings. The highest BCUT2D eigenvalue weighted by molar-refractivity contribution is 5.41. The zero-order valence-electron chi connectivity index (χ0n) is 12.7. The summed E-state index contributed by atoms with van der Waals surface area (Å²) >= 11 is 0. The van der Waals surface area contributed by atoms with Crippen LogP contribution in [0, 0.1) is 11.6 Å². The molecule has 0 atom stereocenters. The first-order valence-corrected chi connectivity index (χ1v) is 7.28. The zero-order chi connectivity index (χ0) is 16.2. The van der Waals surface area contributed by atoms with Crippen LogP contribution in [-0.2, 0) is 6.54 Å². The minimum Gasteiger partial charge on any atom is -0.481 e. The second-order valence-corrected chi connectivity index (χ2v) is 5.26. The molecule has 0 aliphatic carbocycles. The molecule has 1 aliphatic heterocycles. The van der Waals surface area contributed by atoms with Crippen LogP contribution in [0.25, 0.3) is 0 Å². The summed E-state index contributed by atoms with van der Waals surface area (Å²) in [4.78, 5) is 15.8. The summed E-state index contributed by atoms with van der Waals surface area (Å²) in [5.74, 6) is 0.0945. The molecule has 1 aliphatic rings. The van der Waals surface area contributed by atoms with Gasteiger partial charge >= 0.3 is 0 Å². The molecule has 23 heavy (non-hydrogen) atoms. The van der Waals surface area contributed by atoms with Gasteiger partial charge in [-0.3, -0.25) is 9.88 Å². The number of ether oxygens (including phenoxy) is 1. The van der Waals surface area contributed by atoms with Gasteiger partial charge in [-0.2, -0.15) is 0 Å². The fraction of sp³-hybridized carbons (Fsp3) is 0.400. The highest BCUT2D eigenvalue weighted by atomic mass is 19.1. The van der Waals surface area contributed by atoms with E-state index in [4.69, 9.17) is 4.74 Å². The molecule has 122 valence electrons. The Morgan fingerprint density at radius 3 is 2.43 bits per heavy atom. The summed E-state index contributed by atoms with van der Waals surface area (Å²) in [6, 6.07) is 1.78. The average molecular weight is 321 g/mol. The maximum atomic E-state index is 13.7. The summed E-state index contributed by atoms with van der Waals surface area (Å²) in [6.45, 7) is 3.05. The van der Waals surface area contributed by atoms with Crippen molar-refractivity contribution >= 4 is 5.82 Å². The third-order valence-electron chi connectivity index (χ3n) is 3.87. The van der Waals surface area contributed by atoms with Crippen LogP contribution in [0.5, 0.6) is 5.88 Å². The summed E-state index contributed by atoms with van der Waals surface area (Å²) in [7, 11) is 1.56. The van der Waals surface area contributed by atoms with Crippen molar-refractivity contribution in [1.82, 2.24) is 19.9 Å². The van der Waals surface area contributed by atoms with E-state index in [1.165, 1.54) is 6.33 Å². The zero-order valence-corrected chi connectivity index (χ0v) is 12.7. The van der Waals surface area contributed by atoms with Gasteiger partial charge in [0.1, 0.15) is 23.8 Å². The van der Waals surface area contributed by atoms with Gasteiger partial charge in [-0.25, -0.2) is 18.7 Å². The Bertz CT molecular complexity index is 656. The summed E-state index contributed by atoms with van der Waals surface area (Å²) in [5.41, 5.74) is 0.0668. The van der Waals surface area contributed by atoms with Gasteiger partial charge in [-0.15, -0.1) is 0 Å². The number of anilines is 1. The number of halogens is 2. The van der Waals surface area contributed by atoms with Gasteiger partial charge in [0.25, 0.3) is 0 Å². The highest BCUT2D eigenvalue weighted by Gasteiger charge is 2.21. The van der Waals surface area contributed by atoms with Crippen LogP contribution >= 0.6 is 0 Å². The lowest BCUT2D eigenvalue weighted by molar-refractivity contribution is 0.242. The van der Waals surface area contributed by atoms with Crippen LogP contribution < -0.4 is 9.64 Å². The van der Waals surface area contributed by atoms with Gasteiger partial charge in [0.15, 0.2) is 0 Å². The number of hydrogen-bond donors (Lipinski definition) is 0. The van der Waals surface area contributed by atoms with Gasteiger partial charge in [0, 0.05) is 44.4 Å². The number of pyridine rings is 1. The Kier molecular flexibility index (Phi) is 4.61. The Balaban J connectivity index is 1.62. The summed E-state index contributed by atoms with van der Waals surface area (Å²) in [6.07, 6.45) is 3.55. The van der Waals surface area contributed by atoms with Crippen LogP contribution in [0.1, 0.15) is 5.56 Å². The number of aromatic nitrogens is 3. The monoisotopic (exact) mass is 321 g/mol. The van der Waals surface area contributed by atoms with E-state index >= 15 is 0 Å².